The zero-order valence-corrected chi connectivity index (χ0v) is 21.9. The van der Waals surface area contributed by atoms with Gasteiger partial charge in [-0.25, -0.2) is 9.18 Å². The fourth-order valence-corrected chi connectivity index (χ4v) is 5.86. The maximum Gasteiger partial charge on any atom is 0.335 e. The first-order chi connectivity index (χ1) is 18.4. The highest BCUT2D eigenvalue weighted by Crippen LogP contribution is 2.42. The molecule has 0 unspecified atom stereocenters. The summed E-state index contributed by atoms with van der Waals surface area (Å²) >= 11 is 6.54. The summed E-state index contributed by atoms with van der Waals surface area (Å²) in [4.78, 5) is 13.9. The normalized spacial score (nSPS) is 17.1. The molecule has 0 atom stereocenters. The molecule has 5 rings (SSSR count). The van der Waals surface area contributed by atoms with Crippen LogP contribution in [0.2, 0.25) is 5.02 Å². The average molecular weight is 534 g/mol. The summed E-state index contributed by atoms with van der Waals surface area (Å²) in [6.07, 6.45) is 6.08. The van der Waals surface area contributed by atoms with E-state index in [-0.39, 0.29) is 18.1 Å². The molecule has 0 saturated carbocycles. The van der Waals surface area contributed by atoms with E-state index in [2.05, 4.69) is 35.2 Å². The molecule has 0 bridgehead atoms. The quantitative estimate of drug-likeness (QED) is 0.335. The van der Waals surface area contributed by atoms with Crippen molar-refractivity contribution in [1.29, 1.82) is 0 Å². The second-order valence-corrected chi connectivity index (χ2v) is 10.4. The van der Waals surface area contributed by atoms with E-state index < -0.39 is 5.97 Å². The summed E-state index contributed by atoms with van der Waals surface area (Å²) < 4.78 is 26.4. The summed E-state index contributed by atoms with van der Waals surface area (Å²) in [6, 6.07) is 18.2. The van der Waals surface area contributed by atoms with Crippen LogP contribution in [0, 0.1) is 5.82 Å². The molecular weight excluding hydrogens is 504 g/mol. The highest BCUT2D eigenvalue weighted by molar-refractivity contribution is 6.32. The molecule has 1 fully saturated rings. The van der Waals surface area contributed by atoms with Crippen LogP contribution in [0.25, 0.3) is 17.2 Å². The molecule has 0 spiro atoms. The van der Waals surface area contributed by atoms with Crippen molar-refractivity contribution in [1.82, 2.24) is 4.90 Å². The Bertz CT molecular complexity index is 1410. The van der Waals surface area contributed by atoms with Crippen molar-refractivity contribution in [2.75, 3.05) is 26.3 Å². The molecule has 1 aliphatic carbocycles. The number of halogens is 3. The molecule has 0 aromatic heterocycles. The minimum absolute atomic E-state index is 0.269. The van der Waals surface area contributed by atoms with E-state index in [1.165, 1.54) is 17.7 Å². The van der Waals surface area contributed by atoms with Crippen molar-refractivity contribution < 1.29 is 18.7 Å². The summed E-state index contributed by atoms with van der Waals surface area (Å²) in [6.45, 7) is 2.35. The number of hydrogen-bond donors (Lipinski definition) is 1. The second-order valence-electron chi connectivity index (χ2n) is 10.0. The van der Waals surface area contributed by atoms with Gasteiger partial charge < -0.3 is 5.11 Å². The highest BCUT2D eigenvalue weighted by atomic mass is 35.5. The van der Waals surface area contributed by atoms with Crippen molar-refractivity contribution in [2.45, 2.75) is 32.1 Å². The molecule has 3 nitrogen and oxygen atoms in total. The minimum atomic E-state index is -0.947. The van der Waals surface area contributed by atoms with Gasteiger partial charge >= 0.3 is 5.97 Å². The zero-order chi connectivity index (χ0) is 26.6. The Morgan fingerprint density at radius 2 is 1.79 bits per heavy atom. The van der Waals surface area contributed by atoms with E-state index in [1.54, 1.807) is 18.2 Å². The van der Waals surface area contributed by atoms with E-state index >= 15 is 0 Å². The first-order valence-electron chi connectivity index (χ1n) is 13.1. The molecule has 0 amide bonds. The van der Waals surface area contributed by atoms with Gasteiger partial charge in [-0.3, -0.25) is 9.29 Å². The first kappa shape index (κ1) is 26.3. The average Bonchev–Trinajstić information content (AvgIpc) is 3.26. The number of benzene rings is 3. The standard InChI is InChI=1S/C32H30ClF2NO2/c33-30-19-26(35)10-12-28(30)29-4-1-3-24-18-25(32(37)38)9-11-27(24)31(29)23-7-5-21(6-8-23)17-22-13-16-36(20-22)15-2-14-34/h5-12,17-19H,1-4,13-16,20H2,(H,37,38)/b22-17-. The molecule has 2 aliphatic rings. The number of carboxylic acids is 1. The number of nitrogens with zero attached hydrogens (tertiary/aromatic N) is 1. The smallest absolute Gasteiger partial charge is 0.335 e. The Balaban J connectivity index is 1.56. The number of allylic oxidation sites excluding steroid dienone is 1. The van der Waals surface area contributed by atoms with Crippen LogP contribution in [0.1, 0.15) is 63.9 Å². The second kappa shape index (κ2) is 11.6. The summed E-state index contributed by atoms with van der Waals surface area (Å²) in [5.74, 6) is -1.33. The van der Waals surface area contributed by atoms with Crippen LogP contribution in [0.3, 0.4) is 0 Å². The molecule has 1 heterocycles. The van der Waals surface area contributed by atoms with E-state index in [9.17, 15) is 18.7 Å². The number of aromatic carboxylic acids is 1. The molecule has 6 heteroatoms. The molecule has 3 aromatic rings. The predicted octanol–water partition coefficient (Wildman–Crippen LogP) is 7.92. The number of rotatable bonds is 7. The first-order valence-corrected chi connectivity index (χ1v) is 13.4. The summed E-state index contributed by atoms with van der Waals surface area (Å²) in [5.41, 5.74) is 8.51. The third-order valence-electron chi connectivity index (χ3n) is 7.41. The van der Waals surface area contributed by atoms with Gasteiger partial charge in [0.05, 0.1) is 17.3 Å². The molecule has 3 aromatic carbocycles. The Labute approximate surface area is 227 Å². The van der Waals surface area contributed by atoms with Crippen LogP contribution in [0.5, 0.6) is 0 Å². The van der Waals surface area contributed by atoms with Gasteiger partial charge in [0.1, 0.15) is 5.82 Å². The van der Waals surface area contributed by atoms with Crippen LogP contribution < -0.4 is 0 Å². The Morgan fingerprint density at radius 1 is 1.00 bits per heavy atom. The van der Waals surface area contributed by atoms with E-state index in [4.69, 9.17) is 11.6 Å². The lowest BCUT2D eigenvalue weighted by molar-refractivity contribution is 0.0696. The molecule has 38 heavy (non-hydrogen) atoms. The van der Waals surface area contributed by atoms with Crippen LogP contribution in [0.4, 0.5) is 8.78 Å². The topological polar surface area (TPSA) is 40.5 Å². The Kier molecular flexibility index (Phi) is 8.06. The molecule has 0 radical (unpaired) electrons. The fraction of sp³-hybridized carbons (Fsp3) is 0.281. The van der Waals surface area contributed by atoms with Crippen molar-refractivity contribution in [3.05, 3.63) is 110 Å². The van der Waals surface area contributed by atoms with E-state index in [0.29, 0.717) is 11.4 Å². The van der Waals surface area contributed by atoms with Crippen LogP contribution >= 0.6 is 11.6 Å². The van der Waals surface area contributed by atoms with Gasteiger partial charge in [-0.15, -0.1) is 0 Å². The molecule has 1 saturated heterocycles. The van der Waals surface area contributed by atoms with Crippen molar-refractivity contribution in [3.63, 3.8) is 0 Å². The molecular formula is C32H30ClF2NO2. The van der Waals surface area contributed by atoms with Crippen molar-refractivity contribution in [2.24, 2.45) is 0 Å². The van der Waals surface area contributed by atoms with E-state index in [0.717, 1.165) is 84.3 Å². The van der Waals surface area contributed by atoms with E-state index in [1.807, 2.05) is 6.07 Å². The highest BCUT2D eigenvalue weighted by Gasteiger charge is 2.23. The minimum Gasteiger partial charge on any atom is -0.478 e. The van der Waals surface area contributed by atoms with Crippen molar-refractivity contribution >= 4 is 34.8 Å². The van der Waals surface area contributed by atoms with Gasteiger partial charge in [-0.05, 0) is 95.3 Å². The number of carboxylic acid groups (broad SMARTS) is 1. The maximum atomic E-state index is 13.9. The lowest BCUT2D eigenvalue weighted by Crippen LogP contribution is -2.20. The SMILES string of the molecule is O=C(O)c1ccc2c(c1)CCCC(c1ccc(F)cc1Cl)=C2c1ccc(/C=C2/CCN(CCCF)C2)cc1. The van der Waals surface area contributed by atoms with Gasteiger partial charge in [-0.2, -0.15) is 0 Å². The fourth-order valence-electron chi connectivity index (χ4n) is 5.57. The lowest BCUT2D eigenvalue weighted by Gasteiger charge is -2.18. The number of fused-ring (bicyclic) bond motifs is 1. The largest absolute Gasteiger partial charge is 0.478 e. The van der Waals surface area contributed by atoms with Crippen LogP contribution in [-0.2, 0) is 6.42 Å². The number of hydrogen-bond acceptors (Lipinski definition) is 2. The number of carbonyl (C=O) groups is 1. The van der Waals surface area contributed by atoms with Gasteiger partial charge in [0.15, 0.2) is 0 Å². The maximum absolute atomic E-state index is 13.9. The van der Waals surface area contributed by atoms with Gasteiger partial charge in [-0.1, -0.05) is 59.6 Å². The Hall–Kier alpha value is -3.28. The van der Waals surface area contributed by atoms with Gasteiger partial charge in [0, 0.05) is 19.6 Å². The Morgan fingerprint density at radius 3 is 2.53 bits per heavy atom. The number of likely N-dealkylation sites (tertiary alicyclic amines) is 1. The molecule has 1 aliphatic heterocycles. The van der Waals surface area contributed by atoms with Gasteiger partial charge in [0.2, 0.25) is 0 Å². The number of alkyl halides is 1. The van der Waals surface area contributed by atoms with Gasteiger partial charge in [0.25, 0.3) is 0 Å². The lowest BCUT2D eigenvalue weighted by atomic mass is 9.87. The predicted molar refractivity (Wildman–Crippen MR) is 150 cm³/mol. The van der Waals surface area contributed by atoms with Crippen molar-refractivity contribution in [3.8, 4) is 0 Å². The molecule has 196 valence electrons. The summed E-state index contributed by atoms with van der Waals surface area (Å²) in [7, 11) is 0. The molecule has 1 N–H and O–H groups in total. The van der Waals surface area contributed by atoms with Crippen LogP contribution in [-0.4, -0.2) is 42.3 Å². The zero-order valence-electron chi connectivity index (χ0n) is 21.2. The third-order valence-corrected chi connectivity index (χ3v) is 7.72. The number of aryl methyl sites for hydroxylation is 1. The monoisotopic (exact) mass is 533 g/mol. The summed E-state index contributed by atoms with van der Waals surface area (Å²) in [5, 5.41) is 9.91. The third kappa shape index (κ3) is 5.74. The van der Waals surface area contributed by atoms with Crippen LogP contribution in [0.15, 0.2) is 66.2 Å².